The van der Waals surface area contributed by atoms with Gasteiger partial charge in [0.15, 0.2) is 0 Å². The molecule has 1 fully saturated rings. The summed E-state index contributed by atoms with van der Waals surface area (Å²) in [6.45, 7) is 16.3. The van der Waals surface area contributed by atoms with Gasteiger partial charge >= 0.3 is 35.8 Å². The van der Waals surface area contributed by atoms with Crippen molar-refractivity contribution in [1.82, 2.24) is 14.7 Å². The van der Waals surface area contributed by atoms with Gasteiger partial charge in [0.05, 0.1) is 0 Å². The molecule has 0 aliphatic carbocycles. The van der Waals surface area contributed by atoms with Gasteiger partial charge in [-0.15, -0.1) is 0 Å². The molecule has 276 valence electrons. The second-order valence-corrected chi connectivity index (χ2v) is 15.1. The number of nitrogens with zero attached hydrogens (tertiary/aromatic N) is 3. The Labute approximate surface area is 283 Å². The predicted molar refractivity (Wildman–Crippen MR) is 174 cm³/mol. The third-order valence-electron chi connectivity index (χ3n) is 7.28. The maximum absolute atomic E-state index is 13.5. The number of hydrogen-bond acceptors (Lipinski definition) is 12. The van der Waals surface area contributed by atoms with Crippen LogP contribution >= 0.6 is 0 Å². The quantitative estimate of drug-likeness (QED) is 0.167. The van der Waals surface area contributed by atoms with Crippen LogP contribution in [-0.4, -0.2) is 140 Å². The standard InChI is InChI=1S/C33H57N3O12/c1-31(2,3)46-28(43)22(10-13-25(37)38)34-16-18-35(23(11-14-26(39)40)29(44)47-32(4,5)6)20-21-36(19-17-34)24(12-15-27(41)42)30(45)48-33(7,8)9/h22-24H,10-21H2,1-9H3,(H,37,38)(H,39,40)(H,41,42). The molecule has 1 heterocycles. The molecule has 0 saturated carbocycles. The molecular weight excluding hydrogens is 630 g/mol. The average Bonchev–Trinajstić information content (AvgIpc) is 2.97. The number of ether oxygens (including phenoxy) is 3. The fourth-order valence-electron chi connectivity index (χ4n) is 5.28. The molecule has 3 atom stereocenters. The average molecular weight is 688 g/mol. The van der Waals surface area contributed by atoms with Crippen LogP contribution in [-0.2, 0) is 43.0 Å². The number of rotatable bonds is 15. The largest absolute Gasteiger partial charge is 0.481 e. The van der Waals surface area contributed by atoms with Crippen LogP contribution in [0.5, 0.6) is 0 Å². The zero-order chi connectivity index (χ0) is 37.0. The van der Waals surface area contributed by atoms with E-state index in [4.69, 9.17) is 14.2 Å². The van der Waals surface area contributed by atoms with Crippen LogP contribution < -0.4 is 0 Å². The van der Waals surface area contributed by atoms with Crippen LogP contribution in [0.3, 0.4) is 0 Å². The van der Waals surface area contributed by atoms with Crippen LogP contribution in [0.15, 0.2) is 0 Å². The first-order chi connectivity index (χ1) is 21.9. The second-order valence-electron chi connectivity index (χ2n) is 15.1. The summed E-state index contributed by atoms with van der Waals surface area (Å²) >= 11 is 0. The predicted octanol–water partition coefficient (Wildman–Crippen LogP) is 2.63. The van der Waals surface area contributed by atoms with Gasteiger partial charge in [0.2, 0.25) is 0 Å². The Bertz CT molecular complexity index is 972. The van der Waals surface area contributed by atoms with Crippen molar-refractivity contribution >= 4 is 35.8 Å². The topological polar surface area (TPSA) is 201 Å². The van der Waals surface area contributed by atoms with E-state index in [-0.39, 0.29) is 77.8 Å². The van der Waals surface area contributed by atoms with Gasteiger partial charge in [0.25, 0.3) is 0 Å². The van der Waals surface area contributed by atoms with Crippen LogP contribution in [0.25, 0.3) is 0 Å². The van der Waals surface area contributed by atoms with E-state index in [1.165, 1.54) is 0 Å². The van der Waals surface area contributed by atoms with Crippen molar-refractivity contribution in [1.29, 1.82) is 0 Å². The van der Waals surface area contributed by atoms with Crippen LogP contribution in [0.1, 0.15) is 101 Å². The Morgan fingerprint density at radius 2 is 0.646 bits per heavy atom. The maximum Gasteiger partial charge on any atom is 0.323 e. The minimum absolute atomic E-state index is 0.0761. The highest BCUT2D eigenvalue weighted by Gasteiger charge is 2.38. The zero-order valence-electron chi connectivity index (χ0n) is 30.1. The number of hydrogen-bond donors (Lipinski definition) is 3. The number of carboxylic acids is 3. The third kappa shape index (κ3) is 17.2. The van der Waals surface area contributed by atoms with Crippen LogP contribution in [0.2, 0.25) is 0 Å². The molecule has 1 rings (SSSR count). The van der Waals surface area contributed by atoms with Crippen molar-refractivity contribution in [3.8, 4) is 0 Å². The first-order valence-corrected chi connectivity index (χ1v) is 16.4. The van der Waals surface area contributed by atoms with Crippen molar-refractivity contribution < 1.29 is 58.3 Å². The van der Waals surface area contributed by atoms with Gasteiger partial charge in [-0.25, -0.2) is 0 Å². The van der Waals surface area contributed by atoms with Gasteiger partial charge in [-0.3, -0.25) is 43.5 Å². The molecule has 0 amide bonds. The van der Waals surface area contributed by atoms with Crippen molar-refractivity contribution in [3.63, 3.8) is 0 Å². The van der Waals surface area contributed by atoms with E-state index < -0.39 is 70.7 Å². The van der Waals surface area contributed by atoms with E-state index in [9.17, 15) is 44.1 Å². The first kappa shape index (κ1) is 42.7. The molecule has 0 radical (unpaired) electrons. The third-order valence-corrected chi connectivity index (χ3v) is 7.28. The van der Waals surface area contributed by atoms with Gasteiger partial charge < -0.3 is 29.5 Å². The first-order valence-electron chi connectivity index (χ1n) is 16.4. The van der Waals surface area contributed by atoms with Crippen molar-refractivity contribution in [3.05, 3.63) is 0 Å². The Morgan fingerprint density at radius 1 is 0.458 bits per heavy atom. The summed E-state index contributed by atoms with van der Waals surface area (Å²) in [6, 6.07) is -3.00. The molecule has 0 spiro atoms. The second kappa shape index (κ2) is 18.5. The van der Waals surface area contributed by atoms with Gasteiger partial charge in [0.1, 0.15) is 34.9 Å². The molecule has 0 aromatic heterocycles. The normalized spacial score (nSPS) is 17.9. The van der Waals surface area contributed by atoms with E-state index in [2.05, 4.69) is 0 Å². The van der Waals surface area contributed by atoms with E-state index in [1.54, 1.807) is 77.0 Å². The van der Waals surface area contributed by atoms with E-state index in [0.29, 0.717) is 0 Å². The fourth-order valence-corrected chi connectivity index (χ4v) is 5.28. The molecule has 3 N–H and O–H groups in total. The number of carbonyl (C=O) groups excluding carboxylic acids is 3. The summed E-state index contributed by atoms with van der Waals surface area (Å²) in [7, 11) is 0. The minimum Gasteiger partial charge on any atom is -0.481 e. The Morgan fingerprint density at radius 3 is 0.792 bits per heavy atom. The molecule has 0 aromatic carbocycles. The molecule has 0 bridgehead atoms. The number of carbonyl (C=O) groups is 6. The summed E-state index contributed by atoms with van der Waals surface area (Å²) in [5.74, 6) is -5.21. The van der Waals surface area contributed by atoms with Gasteiger partial charge in [-0.05, 0) is 81.6 Å². The molecule has 0 aromatic rings. The van der Waals surface area contributed by atoms with Crippen LogP contribution in [0.4, 0.5) is 0 Å². The number of carboxylic acid groups (broad SMARTS) is 3. The van der Waals surface area contributed by atoms with Crippen molar-refractivity contribution in [2.24, 2.45) is 0 Å². The van der Waals surface area contributed by atoms with Gasteiger partial charge in [-0.2, -0.15) is 0 Å². The summed E-state index contributed by atoms with van der Waals surface area (Å²) in [6.07, 6.45) is -1.21. The zero-order valence-corrected chi connectivity index (χ0v) is 30.1. The smallest absolute Gasteiger partial charge is 0.323 e. The SMILES string of the molecule is CC(C)(C)OC(=O)C(CCC(=O)O)N1CCN(C(CCC(=O)O)C(=O)OC(C)(C)C)CCN(C(CCC(=O)O)C(=O)OC(C)(C)C)CC1. The minimum atomic E-state index is -1.10. The summed E-state index contributed by atoms with van der Waals surface area (Å²) in [5.41, 5.74) is -2.60. The van der Waals surface area contributed by atoms with Crippen LogP contribution in [0, 0.1) is 0 Å². The van der Waals surface area contributed by atoms with Crippen molar-refractivity contribution in [2.45, 2.75) is 136 Å². The fraction of sp³-hybridized carbons (Fsp3) is 0.818. The number of esters is 3. The molecule has 1 saturated heterocycles. The molecule has 48 heavy (non-hydrogen) atoms. The Balaban J connectivity index is 3.72. The lowest BCUT2D eigenvalue weighted by Crippen LogP contribution is -2.51. The summed E-state index contributed by atoms with van der Waals surface area (Å²) in [4.78, 5) is 80.6. The van der Waals surface area contributed by atoms with Gasteiger partial charge in [0, 0.05) is 58.5 Å². The summed E-state index contributed by atoms with van der Waals surface area (Å²) < 4.78 is 17.0. The lowest BCUT2D eigenvalue weighted by Gasteiger charge is -2.35. The van der Waals surface area contributed by atoms with Gasteiger partial charge in [-0.1, -0.05) is 0 Å². The Hall–Kier alpha value is -3.30. The molecule has 1 aliphatic heterocycles. The lowest BCUT2D eigenvalue weighted by molar-refractivity contribution is -0.164. The van der Waals surface area contributed by atoms with E-state index in [1.807, 2.05) is 0 Å². The lowest BCUT2D eigenvalue weighted by atomic mass is 10.1. The monoisotopic (exact) mass is 687 g/mol. The van der Waals surface area contributed by atoms with E-state index in [0.717, 1.165) is 0 Å². The summed E-state index contributed by atoms with van der Waals surface area (Å²) in [5, 5.41) is 28.4. The highest BCUT2D eigenvalue weighted by molar-refractivity contribution is 5.79. The van der Waals surface area contributed by atoms with E-state index >= 15 is 0 Å². The Kier molecular flexibility index (Phi) is 16.4. The molecule has 15 heteroatoms. The number of aliphatic carboxylic acids is 3. The van der Waals surface area contributed by atoms with Crippen molar-refractivity contribution in [2.75, 3.05) is 39.3 Å². The molecule has 1 aliphatic rings. The molecular formula is C33H57N3O12. The maximum atomic E-state index is 13.5. The molecule has 3 unspecified atom stereocenters. The highest BCUT2D eigenvalue weighted by Crippen LogP contribution is 2.22. The highest BCUT2D eigenvalue weighted by atomic mass is 16.6. The molecule has 15 nitrogen and oxygen atoms in total.